The lowest BCUT2D eigenvalue weighted by molar-refractivity contribution is 0.455. The number of piperidine rings is 1. The number of pyridine rings is 2. The fourth-order valence-electron chi connectivity index (χ4n) is 3.09. The summed E-state index contributed by atoms with van der Waals surface area (Å²) in [6, 6.07) is 10.1. The van der Waals surface area contributed by atoms with Crippen LogP contribution in [0.1, 0.15) is 24.5 Å². The van der Waals surface area contributed by atoms with Crippen molar-refractivity contribution in [3.05, 3.63) is 53.4 Å². The molecular formula is C17H17ClN4. The van der Waals surface area contributed by atoms with Crippen molar-refractivity contribution in [1.82, 2.24) is 19.9 Å². The molecule has 0 unspecified atom stereocenters. The van der Waals surface area contributed by atoms with E-state index in [-0.39, 0.29) is 0 Å². The number of fused-ring (bicyclic) bond motifs is 1. The molecule has 0 bridgehead atoms. The van der Waals surface area contributed by atoms with Gasteiger partial charge < -0.3 is 5.32 Å². The van der Waals surface area contributed by atoms with Crippen molar-refractivity contribution in [3.63, 3.8) is 0 Å². The lowest BCUT2D eigenvalue weighted by atomic mass is 9.95. The SMILES string of the molecule is Clc1ccc2c(-c3cccc([C@@H]4CCCNC4)n3)cnn2c1. The fourth-order valence-corrected chi connectivity index (χ4v) is 3.24. The molecule has 0 aromatic carbocycles. The van der Waals surface area contributed by atoms with Crippen molar-refractivity contribution in [2.75, 3.05) is 13.1 Å². The van der Waals surface area contributed by atoms with E-state index >= 15 is 0 Å². The second-order valence-electron chi connectivity index (χ2n) is 5.73. The highest BCUT2D eigenvalue weighted by atomic mass is 35.5. The lowest BCUT2D eigenvalue weighted by Gasteiger charge is -2.22. The summed E-state index contributed by atoms with van der Waals surface area (Å²) in [5, 5.41) is 8.51. The highest BCUT2D eigenvalue weighted by Crippen LogP contribution is 2.27. The summed E-state index contributed by atoms with van der Waals surface area (Å²) < 4.78 is 1.80. The number of nitrogens with zero attached hydrogens (tertiary/aromatic N) is 3. The Bertz CT molecular complexity index is 805. The first kappa shape index (κ1) is 13.7. The van der Waals surface area contributed by atoms with Gasteiger partial charge in [0.05, 0.1) is 22.4 Å². The van der Waals surface area contributed by atoms with Gasteiger partial charge in [-0.25, -0.2) is 4.52 Å². The van der Waals surface area contributed by atoms with Crippen molar-refractivity contribution in [3.8, 4) is 11.3 Å². The first-order chi connectivity index (χ1) is 10.8. The maximum Gasteiger partial charge on any atom is 0.0756 e. The topological polar surface area (TPSA) is 42.2 Å². The number of hydrogen-bond acceptors (Lipinski definition) is 3. The molecular weight excluding hydrogens is 296 g/mol. The monoisotopic (exact) mass is 312 g/mol. The van der Waals surface area contributed by atoms with Gasteiger partial charge in [0.1, 0.15) is 0 Å². The largest absolute Gasteiger partial charge is 0.316 e. The van der Waals surface area contributed by atoms with Crippen LogP contribution in [0.3, 0.4) is 0 Å². The molecule has 1 aliphatic heterocycles. The van der Waals surface area contributed by atoms with Crippen molar-refractivity contribution < 1.29 is 0 Å². The lowest BCUT2D eigenvalue weighted by Crippen LogP contribution is -2.28. The highest BCUT2D eigenvalue weighted by molar-refractivity contribution is 6.30. The minimum atomic E-state index is 0.505. The van der Waals surface area contributed by atoms with Crippen LogP contribution in [0.15, 0.2) is 42.7 Å². The molecule has 5 heteroatoms. The molecule has 1 atom stereocenters. The highest BCUT2D eigenvalue weighted by Gasteiger charge is 2.17. The van der Waals surface area contributed by atoms with Gasteiger partial charge in [-0.05, 0) is 43.7 Å². The number of nitrogens with one attached hydrogen (secondary N) is 1. The van der Waals surface area contributed by atoms with E-state index in [9.17, 15) is 0 Å². The molecule has 0 aliphatic carbocycles. The molecule has 1 aliphatic rings. The van der Waals surface area contributed by atoms with E-state index in [0.29, 0.717) is 10.9 Å². The molecule has 1 N–H and O–H groups in total. The maximum atomic E-state index is 6.02. The second-order valence-corrected chi connectivity index (χ2v) is 6.16. The van der Waals surface area contributed by atoms with Crippen LogP contribution in [-0.2, 0) is 0 Å². The molecule has 0 radical (unpaired) electrons. The van der Waals surface area contributed by atoms with Crippen LogP contribution in [0.4, 0.5) is 0 Å². The molecule has 3 aromatic rings. The van der Waals surface area contributed by atoms with Crippen molar-refractivity contribution in [2.45, 2.75) is 18.8 Å². The zero-order valence-electron chi connectivity index (χ0n) is 12.2. The molecule has 112 valence electrons. The van der Waals surface area contributed by atoms with Gasteiger partial charge in [-0.1, -0.05) is 17.7 Å². The minimum absolute atomic E-state index is 0.505. The summed E-state index contributed by atoms with van der Waals surface area (Å²) in [5.74, 6) is 0.505. The predicted octanol–water partition coefficient (Wildman–Crippen LogP) is 3.52. The van der Waals surface area contributed by atoms with Gasteiger partial charge in [0, 0.05) is 29.9 Å². The Balaban J connectivity index is 1.75. The molecule has 4 rings (SSSR count). The Morgan fingerprint density at radius 2 is 2.18 bits per heavy atom. The zero-order valence-corrected chi connectivity index (χ0v) is 12.9. The van der Waals surface area contributed by atoms with Crippen LogP contribution in [0.5, 0.6) is 0 Å². The summed E-state index contributed by atoms with van der Waals surface area (Å²) >= 11 is 6.02. The van der Waals surface area contributed by atoms with E-state index in [2.05, 4.69) is 22.5 Å². The number of hydrogen-bond donors (Lipinski definition) is 1. The van der Waals surface area contributed by atoms with Crippen LogP contribution in [0.25, 0.3) is 16.8 Å². The summed E-state index contributed by atoms with van der Waals surface area (Å²) in [7, 11) is 0. The van der Waals surface area contributed by atoms with Crippen LogP contribution >= 0.6 is 11.6 Å². The maximum absolute atomic E-state index is 6.02. The molecule has 3 aromatic heterocycles. The van der Waals surface area contributed by atoms with E-state index in [0.717, 1.165) is 35.6 Å². The van der Waals surface area contributed by atoms with E-state index in [1.165, 1.54) is 12.8 Å². The molecule has 1 saturated heterocycles. The number of aromatic nitrogens is 3. The van der Waals surface area contributed by atoms with E-state index in [1.807, 2.05) is 30.6 Å². The smallest absolute Gasteiger partial charge is 0.0756 e. The predicted molar refractivity (Wildman–Crippen MR) is 88.3 cm³/mol. The van der Waals surface area contributed by atoms with Gasteiger partial charge in [-0.2, -0.15) is 5.10 Å². The van der Waals surface area contributed by atoms with Gasteiger partial charge in [0.2, 0.25) is 0 Å². The third-order valence-corrected chi connectivity index (χ3v) is 4.47. The standard InChI is InChI=1S/C17H17ClN4/c18-13-6-7-17-14(10-20-22(17)11-13)16-5-1-4-15(21-16)12-3-2-8-19-9-12/h1,4-7,10-12,19H,2-3,8-9H2/t12-/m1/s1. The van der Waals surface area contributed by atoms with Crippen molar-refractivity contribution in [2.24, 2.45) is 0 Å². The Kier molecular flexibility index (Phi) is 3.56. The molecule has 4 heterocycles. The Morgan fingerprint density at radius 1 is 1.23 bits per heavy atom. The molecule has 0 saturated carbocycles. The van der Waals surface area contributed by atoms with Crippen LogP contribution in [0.2, 0.25) is 5.02 Å². The average molecular weight is 313 g/mol. The Hall–Kier alpha value is -1.91. The van der Waals surface area contributed by atoms with Crippen molar-refractivity contribution in [1.29, 1.82) is 0 Å². The summed E-state index contributed by atoms with van der Waals surface area (Å²) in [5.41, 5.74) is 4.21. The molecule has 1 fully saturated rings. The van der Waals surface area contributed by atoms with E-state index in [1.54, 1.807) is 4.52 Å². The van der Waals surface area contributed by atoms with E-state index in [4.69, 9.17) is 16.6 Å². The number of halogens is 1. The van der Waals surface area contributed by atoms with Crippen LogP contribution in [-0.4, -0.2) is 27.7 Å². The normalized spacial score (nSPS) is 18.7. The zero-order chi connectivity index (χ0) is 14.9. The van der Waals surface area contributed by atoms with E-state index < -0.39 is 0 Å². The summed E-state index contributed by atoms with van der Waals surface area (Å²) in [6.07, 6.45) is 6.09. The Morgan fingerprint density at radius 3 is 3.05 bits per heavy atom. The van der Waals surface area contributed by atoms with Crippen LogP contribution < -0.4 is 5.32 Å². The minimum Gasteiger partial charge on any atom is -0.316 e. The summed E-state index contributed by atoms with van der Waals surface area (Å²) in [4.78, 5) is 4.89. The third-order valence-electron chi connectivity index (χ3n) is 4.24. The summed E-state index contributed by atoms with van der Waals surface area (Å²) in [6.45, 7) is 2.13. The Labute approximate surface area is 134 Å². The quantitative estimate of drug-likeness (QED) is 0.787. The van der Waals surface area contributed by atoms with Gasteiger partial charge in [0.25, 0.3) is 0 Å². The van der Waals surface area contributed by atoms with Gasteiger partial charge in [-0.15, -0.1) is 0 Å². The molecule has 4 nitrogen and oxygen atoms in total. The first-order valence-corrected chi connectivity index (χ1v) is 8.00. The third kappa shape index (κ3) is 2.49. The second kappa shape index (κ2) is 5.71. The van der Waals surface area contributed by atoms with Crippen molar-refractivity contribution >= 4 is 17.1 Å². The number of rotatable bonds is 2. The van der Waals surface area contributed by atoms with Gasteiger partial charge in [0.15, 0.2) is 0 Å². The molecule has 0 spiro atoms. The molecule has 0 amide bonds. The van der Waals surface area contributed by atoms with Crippen LogP contribution in [0, 0.1) is 0 Å². The van der Waals surface area contributed by atoms with Gasteiger partial charge in [-0.3, -0.25) is 4.98 Å². The molecule has 22 heavy (non-hydrogen) atoms. The average Bonchev–Trinajstić information content (AvgIpc) is 2.99. The fraction of sp³-hybridized carbons (Fsp3) is 0.294. The van der Waals surface area contributed by atoms with Gasteiger partial charge >= 0.3 is 0 Å². The first-order valence-electron chi connectivity index (χ1n) is 7.62.